The molecule has 4 rings (SSSR count). The van der Waals surface area contributed by atoms with Gasteiger partial charge in [-0.05, 0) is 61.8 Å². The van der Waals surface area contributed by atoms with E-state index in [2.05, 4.69) is 36.4 Å². The second-order valence-corrected chi connectivity index (χ2v) is 11.2. The van der Waals surface area contributed by atoms with Crippen molar-refractivity contribution >= 4 is 34.3 Å². The van der Waals surface area contributed by atoms with Crippen LogP contribution in [0, 0.1) is 18.3 Å². The second-order valence-electron chi connectivity index (χ2n) is 9.96. The van der Waals surface area contributed by atoms with Gasteiger partial charge >= 0.3 is 6.03 Å². The highest BCUT2D eigenvalue weighted by Crippen LogP contribution is 2.46. The minimum Gasteiger partial charge on any atom is -0.497 e. The minimum absolute atomic E-state index is 0.0604. The summed E-state index contributed by atoms with van der Waals surface area (Å²) >= 11 is 1.35. The lowest BCUT2D eigenvalue weighted by Gasteiger charge is -2.43. The number of ether oxygens (including phenoxy) is 1. The van der Waals surface area contributed by atoms with Gasteiger partial charge in [0.05, 0.1) is 12.8 Å². The number of nitrogens with zero attached hydrogens (tertiary/aromatic N) is 2. The normalized spacial score (nSPS) is 24.2. The maximum absolute atomic E-state index is 13.2. The monoisotopic (exact) mass is 470 g/mol. The maximum Gasteiger partial charge on any atom is 0.325 e. The van der Waals surface area contributed by atoms with Crippen LogP contribution in [0.1, 0.15) is 44.9 Å². The van der Waals surface area contributed by atoms with Crippen molar-refractivity contribution in [2.24, 2.45) is 11.3 Å². The lowest BCUT2D eigenvalue weighted by Crippen LogP contribution is -2.54. The molecule has 2 fully saturated rings. The van der Waals surface area contributed by atoms with Gasteiger partial charge in [-0.15, -0.1) is 11.3 Å². The van der Waals surface area contributed by atoms with E-state index in [4.69, 9.17) is 4.74 Å². The van der Waals surface area contributed by atoms with E-state index in [9.17, 15) is 14.4 Å². The number of urea groups is 1. The molecule has 0 unspecified atom stereocenters. The van der Waals surface area contributed by atoms with Gasteiger partial charge in [0.15, 0.2) is 5.13 Å². The van der Waals surface area contributed by atoms with Crippen LogP contribution in [-0.2, 0) is 9.59 Å². The summed E-state index contributed by atoms with van der Waals surface area (Å²) in [5.74, 6) is 0.300. The van der Waals surface area contributed by atoms with Crippen LogP contribution in [0.25, 0.3) is 11.3 Å². The lowest BCUT2D eigenvalue weighted by molar-refractivity contribution is -0.136. The number of anilines is 1. The lowest BCUT2D eigenvalue weighted by atomic mass is 9.64. The first-order valence-electron chi connectivity index (χ1n) is 11.1. The Kier molecular flexibility index (Phi) is 5.94. The SMILES string of the molecule is COc1ccc(-c2nc(NC(=O)CN3C(=O)N[C@]4(C[C@@H](C)CC(C)(C)C4)C3=O)sc2C)cc1. The molecule has 1 aliphatic carbocycles. The first-order valence-corrected chi connectivity index (χ1v) is 11.9. The molecule has 4 amide bonds. The summed E-state index contributed by atoms with van der Waals surface area (Å²) in [6, 6.07) is 7.02. The fourth-order valence-corrected chi connectivity index (χ4v) is 6.27. The minimum atomic E-state index is -0.919. The van der Waals surface area contributed by atoms with Crippen molar-refractivity contribution in [3.63, 3.8) is 0 Å². The summed E-state index contributed by atoms with van der Waals surface area (Å²) in [7, 11) is 1.61. The van der Waals surface area contributed by atoms with E-state index in [0.717, 1.165) is 33.2 Å². The third kappa shape index (κ3) is 4.59. The van der Waals surface area contributed by atoms with E-state index in [1.165, 1.54) is 11.3 Å². The first-order chi connectivity index (χ1) is 15.5. The van der Waals surface area contributed by atoms with Gasteiger partial charge in [-0.1, -0.05) is 20.8 Å². The number of imide groups is 1. The first kappa shape index (κ1) is 23.2. The van der Waals surface area contributed by atoms with Gasteiger partial charge < -0.3 is 15.4 Å². The number of nitrogens with one attached hydrogen (secondary N) is 2. The third-order valence-corrected chi connectivity index (χ3v) is 7.22. The predicted molar refractivity (Wildman–Crippen MR) is 127 cm³/mol. The van der Waals surface area contributed by atoms with Crippen LogP contribution in [0.5, 0.6) is 5.75 Å². The smallest absolute Gasteiger partial charge is 0.325 e. The number of thiazole rings is 1. The largest absolute Gasteiger partial charge is 0.497 e. The Morgan fingerprint density at radius 2 is 1.97 bits per heavy atom. The number of methoxy groups -OCH3 is 1. The average Bonchev–Trinajstić information content (AvgIpc) is 3.18. The number of aromatic nitrogens is 1. The quantitative estimate of drug-likeness (QED) is 0.638. The van der Waals surface area contributed by atoms with Crippen molar-refractivity contribution in [1.82, 2.24) is 15.2 Å². The maximum atomic E-state index is 13.2. The van der Waals surface area contributed by atoms with E-state index in [-0.39, 0.29) is 17.9 Å². The van der Waals surface area contributed by atoms with Crippen LogP contribution >= 0.6 is 11.3 Å². The van der Waals surface area contributed by atoms with Gasteiger partial charge in [0.1, 0.15) is 17.8 Å². The van der Waals surface area contributed by atoms with Crippen LogP contribution in [0.15, 0.2) is 24.3 Å². The summed E-state index contributed by atoms with van der Waals surface area (Å²) < 4.78 is 5.19. The molecule has 1 aliphatic heterocycles. The zero-order valence-corrected chi connectivity index (χ0v) is 20.5. The van der Waals surface area contributed by atoms with Crippen LogP contribution in [-0.4, -0.2) is 46.9 Å². The van der Waals surface area contributed by atoms with Crippen molar-refractivity contribution in [3.05, 3.63) is 29.1 Å². The molecule has 2 N–H and O–H groups in total. The van der Waals surface area contributed by atoms with Gasteiger partial charge in [-0.25, -0.2) is 9.78 Å². The van der Waals surface area contributed by atoms with Crippen LogP contribution in [0.2, 0.25) is 0 Å². The summed E-state index contributed by atoms with van der Waals surface area (Å²) in [5.41, 5.74) is 0.702. The van der Waals surface area contributed by atoms with Gasteiger partial charge in [-0.3, -0.25) is 14.5 Å². The summed E-state index contributed by atoms with van der Waals surface area (Å²) in [6.07, 6.45) is 2.16. The average molecular weight is 471 g/mol. The van der Waals surface area contributed by atoms with Crippen LogP contribution in [0.4, 0.5) is 9.93 Å². The molecule has 1 spiro atoms. The van der Waals surface area contributed by atoms with Crippen molar-refractivity contribution in [3.8, 4) is 17.0 Å². The third-order valence-electron chi connectivity index (χ3n) is 6.33. The molecule has 2 atom stereocenters. The molecule has 8 nitrogen and oxygen atoms in total. The molecular formula is C24H30N4O4S. The predicted octanol–water partition coefficient (Wildman–Crippen LogP) is 4.20. The van der Waals surface area contributed by atoms with Crippen molar-refractivity contribution in [2.75, 3.05) is 19.0 Å². The summed E-state index contributed by atoms with van der Waals surface area (Å²) in [6.45, 7) is 7.93. The van der Waals surface area contributed by atoms with E-state index in [0.29, 0.717) is 23.9 Å². The Bertz CT molecular complexity index is 1090. The molecule has 1 saturated heterocycles. The number of benzene rings is 1. The molecule has 1 aromatic heterocycles. The topological polar surface area (TPSA) is 101 Å². The molecule has 176 valence electrons. The van der Waals surface area contributed by atoms with E-state index < -0.39 is 17.5 Å². The number of amides is 4. The number of hydrogen-bond donors (Lipinski definition) is 2. The molecule has 33 heavy (non-hydrogen) atoms. The van der Waals surface area contributed by atoms with E-state index in [1.54, 1.807) is 7.11 Å². The van der Waals surface area contributed by atoms with Gasteiger partial charge in [-0.2, -0.15) is 0 Å². The van der Waals surface area contributed by atoms with E-state index >= 15 is 0 Å². The second kappa shape index (κ2) is 8.44. The molecule has 0 bridgehead atoms. The Labute approximate surface area is 197 Å². The molecule has 9 heteroatoms. The molecule has 1 aromatic carbocycles. The van der Waals surface area contributed by atoms with Crippen LogP contribution < -0.4 is 15.4 Å². The van der Waals surface area contributed by atoms with Gasteiger partial charge in [0.2, 0.25) is 5.91 Å². The van der Waals surface area contributed by atoms with E-state index in [1.807, 2.05) is 31.2 Å². The summed E-state index contributed by atoms with van der Waals surface area (Å²) in [5, 5.41) is 6.08. The molecule has 2 heterocycles. The Morgan fingerprint density at radius 3 is 2.61 bits per heavy atom. The fraction of sp³-hybridized carbons (Fsp3) is 0.500. The number of aryl methyl sites for hydroxylation is 1. The zero-order chi connectivity index (χ0) is 24.0. The highest BCUT2D eigenvalue weighted by molar-refractivity contribution is 7.16. The standard InChI is InChI=1S/C24H30N4O4S/c1-14-10-23(3,4)13-24(11-14)20(30)28(22(31)27-24)12-18(29)25-21-26-19(15(2)33-21)16-6-8-17(32-5)9-7-16/h6-9,14H,10-13H2,1-5H3,(H,27,31)(H,25,26,29)/t14-,24-/m0/s1. The number of hydrogen-bond acceptors (Lipinski definition) is 6. The molecular weight excluding hydrogens is 440 g/mol. The van der Waals surface area contributed by atoms with Crippen molar-refractivity contribution in [1.29, 1.82) is 0 Å². The fourth-order valence-electron chi connectivity index (χ4n) is 5.42. The van der Waals surface area contributed by atoms with Crippen LogP contribution in [0.3, 0.4) is 0 Å². The van der Waals surface area contributed by atoms with Crippen molar-refractivity contribution in [2.45, 2.75) is 52.5 Å². The van der Waals surface area contributed by atoms with Gasteiger partial charge in [0, 0.05) is 10.4 Å². The molecule has 2 aromatic rings. The zero-order valence-electron chi connectivity index (χ0n) is 19.7. The Balaban J connectivity index is 1.45. The molecule has 2 aliphatic rings. The van der Waals surface area contributed by atoms with Gasteiger partial charge in [0.25, 0.3) is 5.91 Å². The number of carbonyl (C=O) groups is 3. The highest BCUT2D eigenvalue weighted by atomic mass is 32.1. The molecule has 1 saturated carbocycles. The number of rotatable bonds is 5. The number of carbonyl (C=O) groups excluding carboxylic acids is 3. The Morgan fingerprint density at radius 1 is 1.27 bits per heavy atom. The molecule has 0 radical (unpaired) electrons. The van der Waals surface area contributed by atoms with Crippen molar-refractivity contribution < 1.29 is 19.1 Å². The summed E-state index contributed by atoms with van der Waals surface area (Å²) in [4.78, 5) is 45.2. The Hall–Kier alpha value is -2.94. The highest BCUT2D eigenvalue weighted by Gasteiger charge is 2.56.